The van der Waals surface area contributed by atoms with Crippen molar-refractivity contribution in [3.8, 4) is 0 Å². The predicted molar refractivity (Wildman–Crippen MR) is 93.3 cm³/mol. The fourth-order valence-corrected chi connectivity index (χ4v) is 3.45. The van der Waals surface area contributed by atoms with E-state index in [1.54, 1.807) is 0 Å². The van der Waals surface area contributed by atoms with Crippen LogP contribution in [0.15, 0.2) is 35.3 Å². The number of aliphatic hydroxyl groups is 1. The number of hydrogen-bond acceptors (Lipinski definition) is 7. The zero-order chi connectivity index (χ0) is 18.4. The molecule has 142 valence electrons. The first-order valence-corrected chi connectivity index (χ1v) is 8.89. The van der Waals surface area contributed by atoms with Crippen molar-refractivity contribution in [1.29, 1.82) is 0 Å². The molecular formula is C19H25NO6. The van der Waals surface area contributed by atoms with Gasteiger partial charge in [-0.15, -0.1) is 0 Å². The van der Waals surface area contributed by atoms with Crippen LogP contribution in [0.5, 0.6) is 0 Å². The Hall–Kier alpha value is -1.80. The first-order chi connectivity index (χ1) is 12.6. The highest BCUT2D eigenvalue weighted by molar-refractivity contribution is 6.37. The summed E-state index contributed by atoms with van der Waals surface area (Å²) in [5.74, 6) is -1.17. The minimum Gasteiger partial charge on any atom is -0.465 e. The average Bonchev–Trinajstić information content (AvgIpc) is 3.13. The number of methoxy groups -OCH3 is 1. The molecule has 1 heterocycles. The second kappa shape index (κ2) is 8.73. The lowest BCUT2D eigenvalue weighted by molar-refractivity contribution is -0.180. The summed E-state index contributed by atoms with van der Waals surface area (Å²) in [6.07, 6.45) is 1.32. The van der Waals surface area contributed by atoms with E-state index < -0.39 is 18.2 Å². The van der Waals surface area contributed by atoms with Crippen LogP contribution in [-0.2, 0) is 30.3 Å². The van der Waals surface area contributed by atoms with Crippen molar-refractivity contribution >= 4 is 11.7 Å². The molecule has 1 aliphatic carbocycles. The summed E-state index contributed by atoms with van der Waals surface area (Å²) in [7, 11) is 1.31. The molecule has 1 aromatic rings. The summed E-state index contributed by atoms with van der Waals surface area (Å²) in [5.41, 5.74) is 1.12. The second-order valence-corrected chi connectivity index (χ2v) is 6.51. The van der Waals surface area contributed by atoms with Gasteiger partial charge in [-0.1, -0.05) is 30.3 Å². The lowest BCUT2D eigenvalue weighted by atomic mass is 9.82. The molecule has 0 bridgehead atoms. The summed E-state index contributed by atoms with van der Waals surface area (Å²) in [6, 6.07) is 9.46. The third kappa shape index (κ3) is 4.67. The van der Waals surface area contributed by atoms with E-state index in [0.717, 1.165) is 5.56 Å². The summed E-state index contributed by atoms with van der Waals surface area (Å²) in [6.45, 7) is 1.42. The largest absolute Gasteiger partial charge is 0.465 e. The van der Waals surface area contributed by atoms with Crippen molar-refractivity contribution in [3.05, 3.63) is 35.9 Å². The Kier molecular flexibility index (Phi) is 6.37. The van der Waals surface area contributed by atoms with E-state index in [1.807, 2.05) is 30.3 Å². The van der Waals surface area contributed by atoms with Gasteiger partial charge in [0.2, 0.25) is 0 Å². The number of hydrogen-bond donors (Lipinski definition) is 1. The molecule has 2 aliphatic rings. The Morgan fingerprint density at radius 1 is 1.27 bits per heavy atom. The minimum absolute atomic E-state index is 0.115. The molecule has 0 radical (unpaired) electrons. The molecular weight excluding hydrogens is 338 g/mol. The number of aliphatic imine (C=N–C) groups is 1. The molecule has 1 atom stereocenters. The van der Waals surface area contributed by atoms with E-state index in [-0.39, 0.29) is 18.2 Å². The normalized spacial score (nSPS) is 21.7. The van der Waals surface area contributed by atoms with Crippen molar-refractivity contribution in [2.45, 2.75) is 44.5 Å². The van der Waals surface area contributed by atoms with Crippen LogP contribution < -0.4 is 0 Å². The maximum atomic E-state index is 12.2. The lowest BCUT2D eigenvalue weighted by Crippen LogP contribution is -2.39. The first kappa shape index (κ1) is 19.0. The van der Waals surface area contributed by atoms with E-state index in [4.69, 9.17) is 18.9 Å². The van der Waals surface area contributed by atoms with Gasteiger partial charge in [0.05, 0.1) is 26.9 Å². The van der Waals surface area contributed by atoms with Crippen LogP contribution in [0.25, 0.3) is 0 Å². The van der Waals surface area contributed by atoms with Crippen LogP contribution in [0.3, 0.4) is 0 Å². The Morgan fingerprint density at radius 3 is 2.54 bits per heavy atom. The van der Waals surface area contributed by atoms with Gasteiger partial charge in [-0.2, -0.15) is 0 Å². The highest BCUT2D eigenvalue weighted by Gasteiger charge is 2.42. The van der Waals surface area contributed by atoms with Crippen LogP contribution in [-0.4, -0.2) is 49.3 Å². The molecule has 1 aromatic carbocycles. The summed E-state index contributed by atoms with van der Waals surface area (Å²) in [4.78, 5) is 16.2. The van der Waals surface area contributed by atoms with Gasteiger partial charge >= 0.3 is 5.97 Å². The van der Waals surface area contributed by atoms with E-state index in [9.17, 15) is 9.90 Å². The van der Waals surface area contributed by atoms with Crippen LogP contribution in [0, 0.1) is 5.92 Å². The predicted octanol–water partition coefficient (Wildman–Crippen LogP) is 2.03. The topological polar surface area (TPSA) is 86.6 Å². The number of benzene rings is 1. The Balaban J connectivity index is 1.61. The van der Waals surface area contributed by atoms with Gasteiger partial charge in [0, 0.05) is 18.8 Å². The quantitative estimate of drug-likeness (QED) is 0.473. The summed E-state index contributed by atoms with van der Waals surface area (Å²) >= 11 is 0. The number of ether oxygens (including phenoxy) is 4. The average molecular weight is 363 g/mol. The molecule has 1 saturated heterocycles. The smallest absolute Gasteiger partial charge is 0.352 e. The molecule has 7 heteroatoms. The van der Waals surface area contributed by atoms with E-state index in [0.29, 0.717) is 38.9 Å². The number of aliphatic hydroxyl groups excluding tert-OH is 1. The Bertz CT molecular complexity index is 616. The van der Waals surface area contributed by atoms with Crippen molar-refractivity contribution in [1.82, 2.24) is 0 Å². The third-order valence-electron chi connectivity index (χ3n) is 4.83. The molecule has 7 nitrogen and oxygen atoms in total. The van der Waals surface area contributed by atoms with Crippen LogP contribution in [0.2, 0.25) is 0 Å². The summed E-state index contributed by atoms with van der Waals surface area (Å²) < 4.78 is 21.6. The maximum absolute atomic E-state index is 12.2. The molecule has 3 rings (SSSR count). The monoisotopic (exact) mass is 363 g/mol. The fraction of sp³-hybridized carbons (Fsp3) is 0.579. The Morgan fingerprint density at radius 2 is 1.92 bits per heavy atom. The number of carbonyl (C=O) groups is 1. The molecule has 1 saturated carbocycles. The highest BCUT2D eigenvalue weighted by atomic mass is 16.7. The van der Waals surface area contributed by atoms with Crippen LogP contribution in [0.1, 0.15) is 31.2 Å². The standard InChI is InChI=1S/C19H25NO6/c1-23-17(21)16(15-7-9-19(10-8-15)25-11-12-26-19)20-18(22)24-13-14-5-3-2-4-6-14/h2-6,15,18,22H,7-13H2,1H3. The summed E-state index contributed by atoms with van der Waals surface area (Å²) in [5, 5.41) is 10.1. The lowest BCUT2D eigenvalue weighted by Gasteiger charge is -2.35. The SMILES string of the molecule is COC(=O)C(=NC(O)OCc1ccccc1)C1CCC2(CC1)OCCO2. The molecule has 2 fully saturated rings. The third-order valence-corrected chi connectivity index (χ3v) is 4.83. The Labute approximate surface area is 152 Å². The van der Waals surface area contributed by atoms with Crippen molar-refractivity contribution < 1.29 is 28.8 Å². The van der Waals surface area contributed by atoms with Crippen molar-refractivity contribution in [2.24, 2.45) is 10.9 Å². The molecule has 1 N–H and O–H groups in total. The van der Waals surface area contributed by atoms with Gasteiger partial charge in [0.25, 0.3) is 6.41 Å². The van der Waals surface area contributed by atoms with Gasteiger partial charge in [0.15, 0.2) is 5.79 Å². The van der Waals surface area contributed by atoms with Gasteiger partial charge in [-0.05, 0) is 18.4 Å². The van der Waals surface area contributed by atoms with Crippen LogP contribution in [0.4, 0.5) is 0 Å². The molecule has 1 unspecified atom stereocenters. The number of carbonyl (C=O) groups excluding carboxylic acids is 1. The van der Waals surface area contributed by atoms with E-state index in [1.165, 1.54) is 7.11 Å². The van der Waals surface area contributed by atoms with Crippen molar-refractivity contribution in [2.75, 3.05) is 20.3 Å². The van der Waals surface area contributed by atoms with E-state index >= 15 is 0 Å². The molecule has 26 heavy (non-hydrogen) atoms. The highest BCUT2D eigenvalue weighted by Crippen LogP contribution is 2.39. The van der Waals surface area contributed by atoms with Gasteiger partial charge in [-0.25, -0.2) is 9.79 Å². The molecule has 0 amide bonds. The molecule has 1 aliphatic heterocycles. The van der Waals surface area contributed by atoms with Crippen LogP contribution >= 0.6 is 0 Å². The van der Waals surface area contributed by atoms with E-state index in [2.05, 4.69) is 4.99 Å². The molecule has 1 spiro atoms. The zero-order valence-corrected chi connectivity index (χ0v) is 14.9. The van der Waals surface area contributed by atoms with Gasteiger partial charge in [0.1, 0.15) is 5.71 Å². The number of nitrogens with zero attached hydrogens (tertiary/aromatic N) is 1. The zero-order valence-electron chi connectivity index (χ0n) is 14.9. The molecule has 0 aromatic heterocycles. The fourth-order valence-electron chi connectivity index (χ4n) is 3.45. The van der Waals surface area contributed by atoms with Gasteiger partial charge in [-0.3, -0.25) is 0 Å². The second-order valence-electron chi connectivity index (χ2n) is 6.51. The number of esters is 1. The van der Waals surface area contributed by atoms with Crippen molar-refractivity contribution in [3.63, 3.8) is 0 Å². The minimum atomic E-state index is -1.42. The van der Waals surface area contributed by atoms with Gasteiger partial charge < -0.3 is 24.1 Å². The first-order valence-electron chi connectivity index (χ1n) is 8.89. The maximum Gasteiger partial charge on any atom is 0.352 e. The number of rotatable bonds is 6.